The van der Waals surface area contributed by atoms with Crippen molar-refractivity contribution >= 4 is 12.4 Å². The quantitative estimate of drug-likeness (QED) is 0.235. The van der Waals surface area contributed by atoms with Gasteiger partial charge in [-0.3, -0.25) is 4.79 Å². The maximum atomic E-state index is 12.3. The van der Waals surface area contributed by atoms with E-state index >= 15 is 0 Å². The van der Waals surface area contributed by atoms with E-state index in [-0.39, 0.29) is 11.5 Å². The zero-order chi connectivity index (χ0) is 9.68. The van der Waals surface area contributed by atoms with E-state index in [0.717, 1.165) is 12.1 Å². The summed E-state index contributed by atoms with van der Waals surface area (Å²) >= 11 is 0. The molecule has 0 amide bonds. The second-order valence-electron chi connectivity index (χ2n) is 2.02. The number of azide groups is 1. The number of rotatable bonds is 3. The van der Waals surface area contributed by atoms with E-state index in [2.05, 4.69) is 14.4 Å². The highest BCUT2D eigenvalue weighted by Crippen LogP contribution is 2.10. The largest absolute Gasteiger partial charge is 0.432 e. The summed E-state index contributed by atoms with van der Waals surface area (Å²) in [7, 11) is 0. The summed E-state index contributed by atoms with van der Waals surface area (Å²) in [6.07, 6.45) is 1.48. The van der Waals surface area contributed by atoms with E-state index in [1.54, 1.807) is 0 Å². The van der Waals surface area contributed by atoms with Gasteiger partial charge in [0.2, 0.25) is 0 Å². The maximum absolute atomic E-state index is 12.3. The molecular formula is C7H4FN3O2. The SMILES string of the molecule is [N-]=[N+]=N/C(C=O)=C\c1ccc(F)o1. The van der Waals surface area contributed by atoms with Crippen molar-refractivity contribution in [1.82, 2.24) is 0 Å². The fourth-order valence-electron chi connectivity index (χ4n) is 0.690. The fraction of sp³-hybridized carbons (Fsp3) is 0. The lowest BCUT2D eigenvalue weighted by molar-refractivity contribution is -0.104. The van der Waals surface area contributed by atoms with E-state index < -0.39 is 6.01 Å². The molecule has 6 heteroatoms. The van der Waals surface area contributed by atoms with Crippen molar-refractivity contribution < 1.29 is 13.6 Å². The number of carbonyl (C=O) groups is 1. The molecule has 0 aromatic carbocycles. The molecule has 0 saturated heterocycles. The van der Waals surface area contributed by atoms with Crippen LogP contribution in [0, 0.1) is 6.01 Å². The molecule has 0 atom stereocenters. The highest BCUT2D eigenvalue weighted by Gasteiger charge is 1.98. The van der Waals surface area contributed by atoms with Crippen LogP contribution in [0.2, 0.25) is 0 Å². The minimum Gasteiger partial charge on any atom is -0.432 e. The highest BCUT2D eigenvalue weighted by atomic mass is 19.1. The molecule has 0 aliphatic carbocycles. The average Bonchev–Trinajstić information content (AvgIpc) is 2.50. The number of nitrogens with zero attached hydrogens (tertiary/aromatic N) is 3. The Balaban J connectivity index is 2.96. The Morgan fingerprint density at radius 3 is 2.92 bits per heavy atom. The Bertz CT molecular complexity index is 390. The van der Waals surface area contributed by atoms with Crippen LogP contribution in [0.4, 0.5) is 4.39 Å². The van der Waals surface area contributed by atoms with Gasteiger partial charge in [-0.15, -0.1) is 0 Å². The molecule has 0 unspecified atom stereocenters. The first-order valence-electron chi connectivity index (χ1n) is 3.23. The lowest BCUT2D eigenvalue weighted by atomic mass is 10.3. The number of halogens is 1. The zero-order valence-corrected chi connectivity index (χ0v) is 6.35. The second kappa shape index (κ2) is 4.08. The molecule has 1 aromatic heterocycles. The predicted molar refractivity (Wildman–Crippen MR) is 41.9 cm³/mol. The molecule has 0 radical (unpaired) electrons. The molecule has 1 rings (SSSR count). The molecule has 0 bridgehead atoms. The number of furan rings is 1. The molecule has 13 heavy (non-hydrogen) atoms. The van der Waals surface area contributed by atoms with Gasteiger partial charge in [0.1, 0.15) is 5.76 Å². The van der Waals surface area contributed by atoms with Crippen LogP contribution < -0.4 is 0 Å². The third kappa shape index (κ3) is 2.46. The number of hydrogen-bond acceptors (Lipinski definition) is 3. The first-order valence-corrected chi connectivity index (χ1v) is 3.23. The zero-order valence-electron chi connectivity index (χ0n) is 6.35. The molecule has 66 valence electrons. The standard InChI is InChI=1S/C7H4FN3O2/c8-7-2-1-6(13-7)3-5(4-12)10-11-9/h1-4H/b5-3-. The Morgan fingerprint density at radius 2 is 2.46 bits per heavy atom. The maximum Gasteiger partial charge on any atom is 0.278 e. The summed E-state index contributed by atoms with van der Waals surface area (Å²) < 4.78 is 16.8. The summed E-state index contributed by atoms with van der Waals surface area (Å²) in [5, 5.41) is 3.04. The molecule has 0 aliphatic rings. The summed E-state index contributed by atoms with van der Waals surface area (Å²) in [5.41, 5.74) is 7.84. The molecule has 0 saturated carbocycles. The van der Waals surface area contributed by atoms with Crippen molar-refractivity contribution in [3.05, 3.63) is 40.0 Å². The molecule has 0 spiro atoms. The Hall–Kier alpha value is -2.07. The lowest BCUT2D eigenvalue weighted by Crippen LogP contribution is -1.76. The van der Waals surface area contributed by atoms with E-state index in [1.165, 1.54) is 6.07 Å². The van der Waals surface area contributed by atoms with E-state index in [0.29, 0.717) is 6.29 Å². The molecule has 0 fully saturated rings. The van der Waals surface area contributed by atoms with Crippen molar-refractivity contribution in [1.29, 1.82) is 0 Å². The molecule has 1 aromatic rings. The summed E-state index contributed by atoms with van der Waals surface area (Å²) in [6, 6.07) is 1.63. The Labute approximate surface area is 72.1 Å². The minimum absolute atomic E-state index is 0.118. The van der Waals surface area contributed by atoms with Gasteiger partial charge in [0.25, 0.3) is 6.01 Å². The van der Waals surface area contributed by atoms with Gasteiger partial charge >= 0.3 is 0 Å². The van der Waals surface area contributed by atoms with Gasteiger partial charge in [-0.05, 0) is 17.7 Å². The molecule has 0 N–H and O–H groups in total. The van der Waals surface area contributed by atoms with Gasteiger partial charge in [-0.25, -0.2) is 0 Å². The topological polar surface area (TPSA) is 79.0 Å². The van der Waals surface area contributed by atoms with Crippen LogP contribution in [0.15, 0.2) is 27.4 Å². The van der Waals surface area contributed by atoms with Crippen LogP contribution >= 0.6 is 0 Å². The van der Waals surface area contributed by atoms with Gasteiger partial charge in [0.05, 0.1) is 5.70 Å². The Kier molecular flexibility index (Phi) is 2.83. The van der Waals surface area contributed by atoms with Crippen LogP contribution in [0.1, 0.15) is 5.76 Å². The van der Waals surface area contributed by atoms with E-state index in [9.17, 15) is 9.18 Å². The summed E-state index contributed by atoms with van der Waals surface area (Å²) in [4.78, 5) is 12.6. The van der Waals surface area contributed by atoms with Gasteiger partial charge in [0, 0.05) is 11.0 Å². The molecule has 5 nitrogen and oxygen atoms in total. The second-order valence-corrected chi connectivity index (χ2v) is 2.02. The molecular weight excluding hydrogens is 177 g/mol. The number of aldehydes is 1. The van der Waals surface area contributed by atoms with Crippen LogP contribution in [-0.2, 0) is 4.79 Å². The van der Waals surface area contributed by atoms with Gasteiger partial charge < -0.3 is 4.42 Å². The van der Waals surface area contributed by atoms with Crippen LogP contribution in [-0.4, -0.2) is 6.29 Å². The molecule has 1 heterocycles. The third-order valence-electron chi connectivity index (χ3n) is 1.17. The number of allylic oxidation sites excluding steroid dienone is 1. The summed E-state index contributed by atoms with van der Waals surface area (Å²) in [5.74, 6) is 0.118. The third-order valence-corrected chi connectivity index (χ3v) is 1.17. The van der Waals surface area contributed by atoms with Crippen molar-refractivity contribution in [2.75, 3.05) is 0 Å². The van der Waals surface area contributed by atoms with Gasteiger partial charge in [0.15, 0.2) is 6.29 Å². The van der Waals surface area contributed by atoms with Crippen LogP contribution in [0.25, 0.3) is 16.5 Å². The first-order chi connectivity index (χ1) is 6.26. The average molecular weight is 181 g/mol. The van der Waals surface area contributed by atoms with Crippen molar-refractivity contribution in [3.63, 3.8) is 0 Å². The summed E-state index contributed by atoms with van der Waals surface area (Å²) in [6.45, 7) is 0. The number of carbonyl (C=O) groups excluding carboxylic acids is 1. The first kappa shape index (κ1) is 9.02. The predicted octanol–water partition coefficient (Wildman–Crippen LogP) is 2.27. The molecule has 0 aliphatic heterocycles. The van der Waals surface area contributed by atoms with Gasteiger partial charge in [-0.1, -0.05) is 5.11 Å². The minimum atomic E-state index is -0.766. The smallest absolute Gasteiger partial charge is 0.278 e. The lowest BCUT2D eigenvalue weighted by Gasteiger charge is -1.85. The van der Waals surface area contributed by atoms with Crippen LogP contribution in [0.5, 0.6) is 0 Å². The van der Waals surface area contributed by atoms with E-state index in [4.69, 9.17) is 5.53 Å². The van der Waals surface area contributed by atoms with Gasteiger partial charge in [-0.2, -0.15) is 4.39 Å². The van der Waals surface area contributed by atoms with Crippen molar-refractivity contribution in [2.24, 2.45) is 5.11 Å². The van der Waals surface area contributed by atoms with Crippen molar-refractivity contribution in [3.8, 4) is 0 Å². The van der Waals surface area contributed by atoms with Crippen LogP contribution in [0.3, 0.4) is 0 Å². The number of hydrogen-bond donors (Lipinski definition) is 0. The van der Waals surface area contributed by atoms with E-state index in [1.807, 2.05) is 0 Å². The fourth-order valence-corrected chi connectivity index (χ4v) is 0.690. The Morgan fingerprint density at radius 1 is 1.69 bits per heavy atom. The highest BCUT2D eigenvalue weighted by molar-refractivity contribution is 5.80. The normalized spacial score (nSPS) is 10.7. The monoisotopic (exact) mass is 181 g/mol. The van der Waals surface area contributed by atoms with Crippen molar-refractivity contribution in [2.45, 2.75) is 0 Å².